The van der Waals surface area contributed by atoms with Crippen molar-refractivity contribution in [3.8, 4) is 5.75 Å². The van der Waals surface area contributed by atoms with E-state index in [0.717, 1.165) is 0 Å². The van der Waals surface area contributed by atoms with E-state index in [-0.39, 0.29) is 31.6 Å². The van der Waals surface area contributed by atoms with Crippen molar-refractivity contribution in [2.45, 2.75) is 70.1 Å². The molecule has 0 aliphatic carbocycles. The number of hydrogen-bond acceptors (Lipinski definition) is 8. The van der Waals surface area contributed by atoms with E-state index in [1.165, 1.54) is 13.2 Å². The van der Waals surface area contributed by atoms with Crippen LogP contribution in [-0.2, 0) is 19.1 Å². The van der Waals surface area contributed by atoms with Crippen molar-refractivity contribution in [1.82, 2.24) is 5.32 Å². The second-order valence-corrected chi connectivity index (χ2v) is 9.63. The molecule has 0 aromatic heterocycles. The Morgan fingerprint density at radius 3 is 2.55 bits per heavy atom. The molecule has 1 atom stereocenters. The first-order valence-electron chi connectivity index (χ1n) is 11.1. The number of nitrogens with one attached hydrogen (secondary N) is 2. The van der Waals surface area contributed by atoms with Crippen molar-refractivity contribution >= 4 is 29.2 Å². The van der Waals surface area contributed by atoms with Gasteiger partial charge in [-0.25, -0.2) is 4.39 Å². The van der Waals surface area contributed by atoms with Gasteiger partial charge in [0.2, 0.25) is 11.8 Å². The highest BCUT2D eigenvalue weighted by Crippen LogP contribution is 2.36. The first-order chi connectivity index (χ1) is 15.4. The van der Waals surface area contributed by atoms with Gasteiger partial charge in [-0.3, -0.25) is 19.7 Å². The number of amides is 2. The number of anilines is 2. The predicted molar refractivity (Wildman–Crippen MR) is 120 cm³/mol. The lowest BCUT2D eigenvalue weighted by Gasteiger charge is -2.39. The van der Waals surface area contributed by atoms with Gasteiger partial charge in [0.25, 0.3) is 0 Å². The summed E-state index contributed by atoms with van der Waals surface area (Å²) in [6, 6.07) is 2.14. The molecule has 0 saturated carbocycles. The van der Waals surface area contributed by atoms with Crippen LogP contribution in [0.25, 0.3) is 0 Å². The molecule has 2 amide bonds. The monoisotopic (exact) mass is 465 g/mol. The quantitative estimate of drug-likeness (QED) is 0.432. The Hall–Kier alpha value is -2.88. The lowest BCUT2D eigenvalue weighted by atomic mass is 9.88. The number of ether oxygens (including phenoxy) is 2. The number of methoxy groups -OCH3 is 1. The van der Waals surface area contributed by atoms with Crippen LogP contribution in [0.2, 0.25) is 0 Å². The maximum atomic E-state index is 15.0. The molecule has 10 heteroatoms. The Balaban J connectivity index is 1.67. The van der Waals surface area contributed by atoms with E-state index in [0.29, 0.717) is 36.6 Å². The molecule has 2 heterocycles. The third-order valence-electron chi connectivity index (χ3n) is 5.77. The maximum absolute atomic E-state index is 15.0. The largest absolute Gasteiger partial charge is 0.495 e. The summed E-state index contributed by atoms with van der Waals surface area (Å²) in [6.45, 7) is 6.00. The number of aliphatic hydroxyl groups is 1. The van der Waals surface area contributed by atoms with Crippen LogP contribution in [0.1, 0.15) is 52.9 Å². The molecular formula is C23H32FN3O6. The third kappa shape index (κ3) is 6.34. The predicted octanol–water partition coefficient (Wildman–Crippen LogP) is 2.11. The molecule has 1 aromatic carbocycles. The minimum absolute atomic E-state index is 0.112. The van der Waals surface area contributed by atoms with Crippen molar-refractivity contribution in [2.75, 3.05) is 30.4 Å². The Morgan fingerprint density at radius 2 is 1.97 bits per heavy atom. The molecule has 0 spiro atoms. The summed E-state index contributed by atoms with van der Waals surface area (Å²) >= 11 is 0. The van der Waals surface area contributed by atoms with E-state index in [1.54, 1.807) is 31.7 Å². The van der Waals surface area contributed by atoms with Crippen molar-refractivity contribution in [3.63, 3.8) is 0 Å². The van der Waals surface area contributed by atoms with Crippen LogP contribution >= 0.6 is 0 Å². The molecule has 0 radical (unpaired) electrons. The highest BCUT2D eigenvalue weighted by molar-refractivity contribution is 6.01. The van der Waals surface area contributed by atoms with Crippen molar-refractivity contribution < 1.29 is 33.4 Å². The summed E-state index contributed by atoms with van der Waals surface area (Å²) in [5.74, 6) is -1.41. The summed E-state index contributed by atoms with van der Waals surface area (Å²) in [5, 5.41) is 16.0. The number of piperidine rings is 2. The average molecular weight is 466 g/mol. The highest BCUT2D eigenvalue weighted by atomic mass is 19.1. The zero-order chi connectivity index (χ0) is 24.4. The normalized spacial score (nSPS) is 20.8. The van der Waals surface area contributed by atoms with E-state index >= 15 is 4.39 Å². The molecule has 3 N–H and O–H groups in total. The molecule has 0 bridgehead atoms. The fourth-order valence-electron chi connectivity index (χ4n) is 4.07. The molecule has 9 nitrogen and oxygen atoms in total. The number of carbonyl (C=O) groups is 3. The van der Waals surface area contributed by atoms with Gasteiger partial charge in [-0.2, -0.15) is 0 Å². The number of imide groups is 1. The SMILES string of the molecule is COc1cc(N2CCC(O)(CC(=O)OC(C)(C)C)CC2)c(F)cc1N[C@@H]1CCC(=O)NC1=O. The van der Waals surface area contributed by atoms with Gasteiger partial charge in [0.1, 0.15) is 23.2 Å². The molecule has 33 heavy (non-hydrogen) atoms. The molecule has 2 saturated heterocycles. The van der Waals surface area contributed by atoms with Crippen LogP contribution in [0, 0.1) is 5.82 Å². The first kappa shape index (κ1) is 24.8. The van der Waals surface area contributed by atoms with Gasteiger partial charge in [-0.15, -0.1) is 0 Å². The van der Waals surface area contributed by atoms with Crippen LogP contribution in [0.5, 0.6) is 5.75 Å². The average Bonchev–Trinajstić information content (AvgIpc) is 2.69. The minimum Gasteiger partial charge on any atom is -0.495 e. The standard InChI is InChI=1S/C23H32FN3O6/c1-22(2,3)33-20(29)13-23(31)7-9-27(10-8-23)17-12-18(32-4)16(11-14(17)24)25-15-5-6-19(28)26-21(15)30/h11-12,15,25,31H,5-10,13H2,1-4H3,(H,26,28,30)/t15-/m1/s1. The lowest BCUT2D eigenvalue weighted by molar-refractivity contribution is -0.161. The summed E-state index contributed by atoms with van der Waals surface area (Å²) in [6.07, 6.45) is 0.957. The number of rotatable bonds is 6. The molecule has 2 aliphatic heterocycles. The van der Waals surface area contributed by atoms with E-state index in [2.05, 4.69) is 10.6 Å². The molecule has 1 aromatic rings. The Morgan fingerprint density at radius 1 is 1.30 bits per heavy atom. The van der Waals surface area contributed by atoms with Crippen molar-refractivity contribution in [2.24, 2.45) is 0 Å². The second-order valence-electron chi connectivity index (χ2n) is 9.63. The minimum atomic E-state index is -1.20. The molecule has 3 rings (SSSR count). The second kappa shape index (κ2) is 9.54. The van der Waals surface area contributed by atoms with E-state index in [9.17, 15) is 19.5 Å². The van der Waals surface area contributed by atoms with E-state index in [1.807, 2.05) is 0 Å². The van der Waals surface area contributed by atoms with Gasteiger partial charge in [-0.1, -0.05) is 0 Å². The van der Waals surface area contributed by atoms with Crippen LogP contribution in [-0.4, -0.2) is 60.3 Å². The molecule has 182 valence electrons. The number of nitrogens with zero attached hydrogens (tertiary/aromatic N) is 1. The van der Waals surface area contributed by atoms with Crippen LogP contribution in [0.3, 0.4) is 0 Å². The number of esters is 1. The van der Waals surface area contributed by atoms with Gasteiger partial charge < -0.3 is 24.8 Å². The van der Waals surface area contributed by atoms with Crippen LogP contribution < -0.4 is 20.3 Å². The molecular weight excluding hydrogens is 433 g/mol. The zero-order valence-electron chi connectivity index (χ0n) is 19.5. The maximum Gasteiger partial charge on any atom is 0.309 e. The first-order valence-corrected chi connectivity index (χ1v) is 11.1. The van der Waals surface area contributed by atoms with Gasteiger partial charge in [0.15, 0.2) is 0 Å². The zero-order valence-corrected chi connectivity index (χ0v) is 19.5. The fourth-order valence-corrected chi connectivity index (χ4v) is 4.07. The third-order valence-corrected chi connectivity index (χ3v) is 5.77. The topological polar surface area (TPSA) is 117 Å². The number of benzene rings is 1. The van der Waals surface area contributed by atoms with Gasteiger partial charge in [0, 0.05) is 31.6 Å². The Kier molecular flexibility index (Phi) is 7.16. The van der Waals surface area contributed by atoms with Gasteiger partial charge in [0.05, 0.1) is 30.5 Å². The summed E-state index contributed by atoms with van der Waals surface area (Å²) in [7, 11) is 1.45. The molecule has 0 unspecified atom stereocenters. The smallest absolute Gasteiger partial charge is 0.309 e. The van der Waals surface area contributed by atoms with Crippen LogP contribution in [0.4, 0.5) is 15.8 Å². The van der Waals surface area contributed by atoms with E-state index < -0.39 is 34.9 Å². The van der Waals surface area contributed by atoms with Gasteiger partial charge in [-0.05, 0) is 40.0 Å². The van der Waals surface area contributed by atoms with Gasteiger partial charge >= 0.3 is 5.97 Å². The fraction of sp³-hybridized carbons (Fsp3) is 0.609. The Labute approximate surface area is 192 Å². The van der Waals surface area contributed by atoms with Crippen LogP contribution in [0.15, 0.2) is 12.1 Å². The number of hydrogen-bond donors (Lipinski definition) is 3. The van der Waals surface area contributed by atoms with Crippen molar-refractivity contribution in [1.29, 1.82) is 0 Å². The number of halogens is 1. The highest BCUT2D eigenvalue weighted by Gasteiger charge is 2.37. The van der Waals surface area contributed by atoms with E-state index in [4.69, 9.17) is 9.47 Å². The summed E-state index contributed by atoms with van der Waals surface area (Å²) in [4.78, 5) is 37.3. The Bertz CT molecular complexity index is 922. The van der Waals surface area contributed by atoms with Crippen molar-refractivity contribution in [3.05, 3.63) is 17.9 Å². The molecule has 2 aliphatic rings. The lowest BCUT2D eigenvalue weighted by Crippen LogP contribution is -2.47. The molecule has 2 fully saturated rings. The summed E-state index contributed by atoms with van der Waals surface area (Å²) < 4.78 is 25.7. The number of carbonyl (C=O) groups excluding carboxylic acids is 3. The summed E-state index contributed by atoms with van der Waals surface area (Å²) in [5.41, 5.74) is -1.21.